The van der Waals surface area contributed by atoms with E-state index in [1.807, 2.05) is 0 Å². The van der Waals surface area contributed by atoms with Crippen LogP contribution in [-0.2, 0) is 0 Å². The fraction of sp³-hybridized carbons (Fsp3) is 0.0833. The van der Waals surface area contributed by atoms with E-state index in [4.69, 9.17) is 0 Å². The monoisotopic (exact) mass is 336 g/mol. The van der Waals surface area contributed by atoms with Crippen molar-refractivity contribution in [3.8, 4) is 0 Å². The Kier molecular flexibility index (Phi) is 3.60. The maximum atomic E-state index is 2.31. The van der Waals surface area contributed by atoms with Crippen molar-refractivity contribution < 1.29 is 9.13 Å². The van der Waals surface area contributed by atoms with Gasteiger partial charge in [0.05, 0.1) is 0 Å². The number of nitrogens with zero attached hydrogens (tertiary/aromatic N) is 2. The normalized spacial score (nSPS) is 18.0. The van der Waals surface area contributed by atoms with Crippen LogP contribution in [0.1, 0.15) is 34.3 Å². The van der Waals surface area contributed by atoms with Crippen molar-refractivity contribution in [2.24, 2.45) is 0 Å². The molecule has 0 atom stereocenters. The number of rotatable bonds is 2. The summed E-state index contributed by atoms with van der Waals surface area (Å²) in [6.07, 6.45) is 8.64. The lowest BCUT2D eigenvalue weighted by Gasteiger charge is -2.28. The molecule has 5 rings (SSSR count). The average molecular weight is 336 g/mol. The van der Waals surface area contributed by atoms with E-state index >= 15 is 0 Å². The predicted octanol–water partition coefficient (Wildman–Crippen LogP) is 3.85. The van der Waals surface area contributed by atoms with Crippen LogP contribution in [0, 0.1) is 0 Å². The number of pyridine rings is 2. The van der Waals surface area contributed by atoms with Crippen molar-refractivity contribution in [2.75, 3.05) is 0 Å². The highest BCUT2D eigenvalue weighted by Gasteiger charge is 2.40. The molecule has 0 spiro atoms. The highest BCUT2D eigenvalue weighted by atomic mass is 15.0. The van der Waals surface area contributed by atoms with Gasteiger partial charge in [-0.1, -0.05) is 60.7 Å². The van der Waals surface area contributed by atoms with Gasteiger partial charge in [0.15, 0.2) is 24.8 Å². The van der Waals surface area contributed by atoms with Crippen molar-refractivity contribution in [3.05, 3.63) is 132 Å². The van der Waals surface area contributed by atoms with E-state index in [-0.39, 0.29) is 12.1 Å². The van der Waals surface area contributed by atoms with Gasteiger partial charge in [0.1, 0.15) is 0 Å². The van der Waals surface area contributed by atoms with Crippen LogP contribution in [0.3, 0.4) is 0 Å². The Morgan fingerprint density at radius 2 is 0.692 bits per heavy atom. The summed E-state index contributed by atoms with van der Waals surface area (Å²) < 4.78 is 4.62. The first kappa shape index (κ1) is 15.0. The molecule has 0 aliphatic heterocycles. The van der Waals surface area contributed by atoms with Crippen LogP contribution >= 0.6 is 0 Å². The fourth-order valence-electron chi connectivity index (χ4n) is 4.16. The van der Waals surface area contributed by atoms with Crippen LogP contribution in [0.15, 0.2) is 110 Å². The second-order valence-corrected chi connectivity index (χ2v) is 6.71. The zero-order valence-corrected chi connectivity index (χ0v) is 14.4. The van der Waals surface area contributed by atoms with E-state index in [1.54, 1.807) is 0 Å². The van der Waals surface area contributed by atoms with Crippen molar-refractivity contribution in [1.29, 1.82) is 0 Å². The Bertz CT molecular complexity index is 909. The molecule has 0 unspecified atom stereocenters. The first-order valence-corrected chi connectivity index (χ1v) is 9.03. The van der Waals surface area contributed by atoms with Crippen LogP contribution in [0.2, 0.25) is 0 Å². The molecule has 0 fully saturated rings. The molecule has 0 radical (unpaired) electrons. The first-order chi connectivity index (χ1) is 12.9. The summed E-state index contributed by atoms with van der Waals surface area (Å²) in [7, 11) is 0. The SMILES string of the molecule is c1cc[n+](C2c3ccccc3C([n+]3ccccc3)c3ccccc32)cc1. The lowest BCUT2D eigenvalue weighted by atomic mass is 9.79. The Labute approximate surface area is 153 Å². The van der Waals surface area contributed by atoms with E-state index in [1.165, 1.54) is 22.3 Å². The third kappa shape index (κ3) is 2.34. The molecule has 0 saturated heterocycles. The smallest absolute Gasteiger partial charge is 0.194 e. The largest absolute Gasteiger partial charge is 0.209 e. The molecule has 1 aliphatic rings. The van der Waals surface area contributed by atoms with Crippen molar-refractivity contribution in [1.82, 2.24) is 0 Å². The van der Waals surface area contributed by atoms with Gasteiger partial charge < -0.3 is 0 Å². The Morgan fingerprint density at radius 3 is 1.00 bits per heavy atom. The highest BCUT2D eigenvalue weighted by molar-refractivity contribution is 5.49. The third-order valence-corrected chi connectivity index (χ3v) is 5.24. The zero-order chi connectivity index (χ0) is 17.3. The van der Waals surface area contributed by atoms with Crippen LogP contribution in [0.5, 0.6) is 0 Å². The van der Waals surface area contributed by atoms with Gasteiger partial charge in [0.25, 0.3) is 0 Å². The number of hydrogen-bond donors (Lipinski definition) is 0. The first-order valence-electron chi connectivity index (χ1n) is 9.03. The summed E-state index contributed by atoms with van der Waals surface area (Å²) in [4.78, 5) is 0. The summed E-state index contributed by atoms with van der Waals surface area (Å²) in [5, 5.41) is 0. The summed E-state index contributed by atoms with van der Waals surface area (Å²) in [6, 6.07) is 30.6. The van der Waals surface area contributed by atoms with Gasteiger partial charge in [-0.25, -0.2) is 0 Å². The number of aromatic nitrogens is 2. The summed E-state index contributed by atoms with van der Waals surface area (Å²) in [6.45, 7) is 0. The van der Waals surface area contributed by atoms with Gasteiger partial charge >= 0.3 is 0 Å². The Morgan fingerprint density at radius 1 is 0.385 bits per heavy atom. The van der Waals surface area contributed by atoms with Gasteiger partial charge in [-0.3, -0.25) is 0 Å². The number of benzene rings is 2. The van der Waals surface area contributed by atoms with Gasteiger partial charge in [-0.15, -0.1) is 0 Å². The second-order valence-electron chi connectivity index (χ2n) is 6.71. The topological polar surface area (TPSA) is 7.76 Å². The standard InChI is InChI=1S/C24H20N2/c1-7-15-25(16-8-1)23-19-11-3-5-13-21(19)24(26-17-9-2-10-18-26)22-14-6-4-12-20(22)23/h1-18,23-24H/q+2. The van der Waals surface area contributed by atoms with Gasteiger partial charge in [0.2, 0.25) is 12.1 Å². The molecule has 26 heavy (non-hydrogen) atoms. The Hall–Kier alpha value is -3.26. The zero-order valence-electron chi connectivity index (χ0n) is 14.4. The average Bonchev–Trinajstić information content (AvgIpc) is 2.73. The maximum absolute atomic E-state index is 2.31. The molecule has 2 nitrogen and oxygen atoms in total. The van der Waals surface area contributed by atoms with Crippen LogP contribution in [0.4, 0.5) is 0 Å². The second kappa shape index (κ2) is 6.23. The van der Waals surface area contributed by atoms with Gasteiger partial charge in [-0.05, 0) is 0 Å². The van der Waals surface area contributed by atoms with Crippen molar-refractivity contribution in [2.45, 2.75) is 12.1 Å². The number of hydrogen-bond acceptors (Lipinski definition) is 0. The molecule has 0 amide bonds. The number of fused-ring (bicyclic) bond motifs is 2. The minimum absolute atomic E-state index is 0.198. The van der Waals surface area contributed by atoms with E-state index in [9.17, 15) is 0 Å². The van der Waals surface area contributed by atoms with E-state index in [2.05, 4.69) is 119 Å². The summed E-state index contributed by atoms with van der Waals surface area (Å²) in [5.41, 5.74) is 5.46. The molecule has 2 aromatic carbocycles. The molecule has 2 aromatic heterocycles. The summed E-state index contributed by atoms with van der Waals surface area (Å²) in [5.74, 6) is 0. The van der Waals surface area contributed by atoms with Crippen molar-refractivity contribution >= 4 is 0 Å². The molecule has 0 N–H and O–H groups in total. The maximum Gasteiger partial charge on any atom is 0.209 e. The molecule has 2 heteroatoms. The molecule has 124 valence electrons. The lowest BCUT2D eigenvalue weighted by Crippen LogP contribution is -2.48. The van der Waals surface area contributed by atoms with Crippen LogP contribution < -0.4 is 9.13 Å². The highest BCUT2D eigenvalue weighted by Crippen LogP contribution is 2.40. The fourth-order valence-corrected chi connectivity index (χ4v) is 4.16. The van der Waals surface area contributed by atoms with Crippen molar-refractivity contribution in [3.63, 3.8) is 0 Å². The van der Waals surface area contributed by atoms with E-state index in [0.717, 1.165) is 0 Å². The minimum Gasteiger partial charge on any atom is -0.194 e. The molecule has 2 heterocycles. The molecule has 1 aliphatic carbocycles. The molecular formula is C24H20N2+2. The molecule has 0 bridgehead atoms. The molecular weight excluding hydrogens is 316 g/mol. The van der Waals surface area contributed by atoms with Gasteiger partial charge in [-0.2, -0.15) is 9.13 Å². The predicted molar refractivity (Wildman–Crippen MR) is 101 cm³/mol. The molecule has 0 saturated carbocycles. The van der Waals surface area contributed by atoms with Gasteiger partial charge in [0, 0.05) is 46.5 Å². The lowest BCUT2D eigenvalue weighted by molar-refractivity contribution is -0.716. The third-order valence-electron chi connectivity index (χ3n) is 5.24. The van der Waals surface area contributed by atoms with E-state index in [0.29, 0.717) is 0 Å². The van der Waals surface area contributed by atoms with E-state index < -0.39 is 0 Å². The quantitative estimate of drug-likeness (QED) is 0.433. The Balaban J connectivity index is 1.80. The van der Waals surface area contributed by atoms with Crippen LogP contribution in [-0.4, -0.2) is 0 Å². The minimum atomic E-state index is 0.198. The summed E-state index contributed by atoms with van der Waals surface area (Å²) >= 11 is 0. The van der Waals surface area contributed by atoms with Crippen LogP contribution in [0.25, 0.3) is 0 Å². The molecule has 4 aromatic rings.